The van der Waals surface area contributed by atoms with Crippen LogP contribution in [-0.4, -0.2) is 10.3 Å². The third kappa shape index (κ3) is 3.50. The third-order valence-corrected chi connectivity index (χ3v) is 4.85. The number of hydrazone groups is 1. The topological polar surface area (TPSA) is 87.5 Å². The van der Waals surface area contributed by atoms with Gasteiger partial charge < -0.3 is 16.1 Å². The van der Waals surface area contributed by atoms with Crippen LogP contribution in [0.3, 0.4) is 0 Å². The Bertz CT molecular complexity index is 629. The number of nitrogens with two attached hydrogens (primary N) is 2. The summed E-state index contributed by atoms with van der Waals surface area (Å²) in [5.41, 5.74) is 9.17. The van der Waals surface area contributed by atoms with E-state index in [0.717, 1.165) is 32.2 Å². The molecule has 114 valence electrons. The third-order valence-electron chi connectivity index (χ3n) is 3.45. The molecule has 0 amide bonds. The van der Waals surface area contributed by atoms with Gasteiger partial charge in [-0.3, -0.25) is 0 Å². The number of benzene rings is 2. The maximum atomic E-state index is 12.6. The summed E-state index contributed by atoms with van der Waals surface area (Å²) in [4.78, 5) is 1.50. The van der Waals surface area contributed by atoms with Gasteiger partial charge in [-0.15, -0.1) is 0 Å². The van der Waals surface area contributed by atoms with Crippen molar-refractivity contribution in [1.29, 1.82) is 0 Å². The SMILES string of the molecule is C/C(=C/N)c1ccc([S+]([O-])c2ccc(/C(C)=N\N)cc2)cc1. The molecule has 0 spiro atoms. The van der Waals surface area contributed by atoms with Crippen molar-refractivity contribution in [2.24, 2.45) is 16.7 Å². The van der Waals surface area contributed by atoms with Crippen LogP contribution in [0.4, 0.5) is 0 Å². The molecule has 22 heavy (non-hydrogen) atoms. The fraction of sp³-hybridized carbons (Fsp3) is 0.118. The monoisotopic (exact) mass is 313 g/mol. The summed E-state index contributed by atoms with van der Waals surface area (Å²) < 4.78 is 12.6. The van der Waals surface area contributed by atoms with Crippen LogP contribution in [-0.2, 0) is 11.2 Å². The Morgan fingerprint density at radius 2 is 1.41 bits per heavy atom. The van der Waals surface area contributed by atoms with Crippen LogP contribution in [0.1, 0.15) is 25.0 Å². The van der Waals surface area contributed by atoms with E-state index in [-0.39, 0.29) is 0 Å². The van der Waals surface area contributed by atoms with Gasteiger partial charge in [-0.25, -0.2) is 0 Å². The van der Waals surface area contributed by atoms with Gasteiger partial charge in [0.05, 0.1) is 5.71 Å². The van der Waals surface area contributed by atoms with E-state index >= 15 is 0 Å². The van der Waals surface area contributed by atoms with E-state index in [2.05, 4.69) is 5.10 Å². The summed E-state index contributed by atoms with van der Waals surface area (Å²) in [6.45, 7) is 3.77. The van der Waals surface area contributed by atoms with E-state index in [0.29, 0.717) is 0 Å². The summed E-state index contributed by atoms with van der Waals surface area (Å²) in [6.07, 6.45) is 1.56. The van der Waals surface area contributed by atoms with Crippen LogP contribution in [0.2, 0.25) is 0 Å². The fourth-order valence-electron chi connectivity index (χ4n) is 1.97. The van der Waals surface area contributed by atoms with Crippen molar-refractivity contribution < 1.29 is 4.55 Å². The number of hydrogen-bond donors (Lipinski definition) is 2. The van der Waals surface area contributed by atoms with Crippen LogP contribution < -0.4 is 11.6 Å². The Morgan fingerprint density at radius 3 is 1.82 bits per heavy atom. The largest absolute Gasteiger partial charge is 0.606 e. The Hall–Kier alpha value is -2.24. The minimum Gasteiger partial charge on any atom is -0.606 e. The number of allylic oxidation sites excluding steroid dienone is 1. The molecule has 4 N–H and O–H groups in total. The molecule has 0 heterocycles. The van der Waals surface area contributed by atoms with E-state index in [1.54, 1.807) is 6.20 Å². The number of nitrogens with zero attached hydrogens (tertiary/aromatic N) is 1. The molecule has 0 aliphatic carbocycles. The zero-order valence-electron chi connectivity index (χ0n) is 12.6. The Kier molecular flexibility index (Phi) is 5.25. The predicted octanol–water partition coefficient (Wildman–Crippen LogP) is 2.86. The summed E-state index contributed by atoms with van der Waals surface area (Å²) in [6, 6.07) is 15.0. The second-order valence-electron chi connectivity index (χ2n) is 4.88. The summed E-state index contributed by atoms with van der Waals surface area (Å²) >= 11 is -1.22. The van der Waals surface area contributed by atoms with E-state index < -0.39 is 11.2 Å². The lowest BCUT2D eigenvalue weighted by Gasteiger charge is -2.11. The van der Waals surface area contributed by atoms with Crippen LogP contribution in [0, 0.1) is 0 Å². The first kappa shape index (κ1) is 16.1. The van der Waals surface area contributed by atoms with E-state index in [9.17, 15) is 4.55 Å². The number of rotatable bonds is 4. The molecular formula is C17H19N3OS. The molecule has 0 bridgehead atoms. The van der Waals surface area contributed by atoms with Crippen molar-refractivity contribution in [1.82, 2.24) is 0 Å². The van der Waals surface area contributed by atoms with Gasteiger partial charge in [0.2, 0.25) is 0 Å². The maximum Gasteiger partial charge on any atom is 0.158 e. The van der Waals surface area contributed by atoms with Gasteiger partial charge in [0.1, 0.15) is 0 Å². The van der Waals surface area contributed by atoms with Crippen LogP contribution in [0.15, 0.2) is 69.6 Å². The van der Waals surface area contributed by atoms with Crippen molar-refractivity contribution >= 4 is 22.5 Å². The average molecular weight is 313 g/mol. The molecule has 0 aliphatic heterocycles. The predicted molar refractivity (Wildman–Crippen MR) is 91.8 cm³/mol. The van der Waals surface area contributed by atoms with E-state index in [1.165, 1.54) is 0 Å². The van der Waals surface area contributed by atoms with Gasteiger partial charge in [-0.05, 0) is 85.3 Å². The van der Waals surface area contributed by atoms with Crippen LogP contribution in [0.5, 0.6) is 0 Å². The highest BCUT2D eigenvalue weighted by Gasteiger charge is 2.15. The lowest BCUT2D eigenvalue weighted by Crippen LogP contribution is -2.04. The molecule has 0 saturated carbocycles. The second-order valence-corrected chi connectivity index (χ2v) is 6.36. The zero-order chi connectivity index (χ0) is 16.1. The summed E-state index contributed by atoms with van der Waals surface area (Å²) in [5, 5.41) is 3.65. The minimum absolute atomic E-state index is 0.741. The normalized spacial score (nSPS) is 14.0. The fourth-order valence-corrected chi connectivity index (χ4v) is 3.01. The lowest BCUT2D eigenvalue weighted by atomic mass is 10.1. The van der Waals surface area contributed by atoms with Crippen molar-refractivity contribution in [3.63, 3.8) is 0 Å². The minimum atomic E-state index is -1.22. The molecule has 1 unspecified atom stereocenters. The second kappa shape index (κ2) is 7.15. The highest BCUT2D eigenvalue weighted by atomic mass is 32.2. The molecule has 2 rings (SSSR count). The summed E-state index contributed by atoms with van der Waals surface area (Å²) in [5.74, 6) is 5.26. The Balaban J connectivity index is 2.22. The molecule has 4 nitrogen and oxygen atoms in total. The van der Waals surface area contributed by atoms with Gasteiger partial charge in [-0.1, -0.05) is 0 Å². The zero-order valence-corrected chi connectivity index (χ0v) is 13.4. The lowest BCUT2D eigenvalue weighted by molar-refractivity contribution is 0.595. The maximum absolute atomic E-state index is 12.6. The van der Waals surface area contributed by atoms with Crippen LogP contribution in [0.25, 0.3) is 5.57 Å². The molecule has 0 radical (unpaired) electrons. The van der Waals surface area contributed by atoms with E-state index in [4.69, 9.17) is 11.6 Å². The highest BCUT2D eigenvalue weighted by molar-refractivity contribution is 7.91. The molecule has 0 saturated heterocycles. The van der Waals surface area contributed by atoms with Gasteiger partial charge in [-0.2, -0.15) is 5.10 Å². The van der Waals surface area contributed by atoms with Gasteiger partial charge in [0.15, 0.2) is 9.79 Å². The summed E-state index contributed by atoms with van der Waals surface area (Å²) in [7, 11) is 0. The number of hydrogen-bond acceptors (Lipinski definition) is 4. The quantitative estimate of drug-likeness (QED) is 0.394. The molecule has 2 aromatic rings. The Morgan fingerprint density at radius 1 is 0.955 bits per heavy atom. The van der Waals surface area contributed by atoms with Gasteiger partial charge >= 0.3 is 0 Å². The first-order valence-corrected chi connectivity index (χ1v) is 7.97. The molecule has 2 aromatic carbocycles. The van der Waals surface area contributed by atoms with Gasteiger partial charge in [0.25, 0.3) is 0 Å². The van der Waals surface area contributed by atoms with E-state index in [1.807, 2.05) is 62.4 Å². The molecule has 0 aromatic heterocycles. The molecular weight excluding hydrogens is 294 g/mol. The standard InChI is InChI=1S/C17H19N3OS/c1-12(11-18)14-3-7-16(8-4-14)22(21)17-9-5-15(6-10-17)13(2)20-19/h3-11H,18-19H2,1-2H3/b12-11-,20-13-. The average Bonchev–Trinajstić information content (AvgIpc) is 2.60. The van der Waals surface area contributed by atoms with Crippen molar-refractivity contribution in [2.45, 2.75) is 23.6 Å². The van der Waals surface area contributed by atoms with Crippen molar-refractivity contribution in [3.05, 3.63) is 65.9 Å². The van der Waals surface area contributed by atoms with Crippen LogP contribution >= 0.6 is 0 Å². The smallest absolute Gasteiger partial charge is 0.158 e. The first-order chi connectivity index (χ1) is 10.6. The first-order valence-electron chi connectivity index (χ1n) is 6.82. The molecule has 0 fully saturated rings. The van der Waals surface area contributed by atoms with Crippen molar-refractivity contribution in [3.8, 4) is 0 Å². The van der Waals surface area contributed by atoms with Crippen molar-refractivity contribution in [2.75, 3.05) is 0 Å². The van der Waals surface area contributed by atoms with Gasteiger partial charge in [0, 0.05) is 11.2 Å². The highest BCUT2D eigenvalue weighted by Crippen LogP contribution is 2.23. The Labute approximate surface area is 133 Å². The molecule has 1 atom stereocenters. The molecule has 0 aliphatic rings. The molecule has 5 heteroatoms.